The maximum Gasteiger partial charge on any atom is 0.120 e. The lowest BCUT2D eigenvalue weighted by Gasteiger charge is -2.07. The van der Waals surface area contributed by atoms with Crippen molar-refractivity contribution >= 4 is 11.6 Å². The standard InChI is InChI=1S/C14H22ClNO/c1-3-9-16-10-5-4-6-12-7-8-13(17-2)11-14(12)15/h7-8,11,16H,3-6,9-10H2,1-2H3. The number of benzene rings is 1. The molecular formula is C14H22ClNO. The average Bonchev–Trinajstić information content (AvgIpc) is 2.35. The predicted octanol–water partition coefficient (Wildman–Crippen LogP) is 3.67. The topological polar surface area (TPSA) is 21.3 Å². The first-order chi connectivity index (χ1) is 8.27. The van der Waals surface area contributed by atoms with E-state index in [9.17, 15) is 0 Å². The van der Waals surface area contributed by atoms with Gasteiger partial charge in [0.15, 0.2) is 0 Å². The molecule has 0 aliphatic carbocycles. The number of hydrogen-bond donors (Lipinski definition) is 1. The molecule has 0 amide bonds. The Morgan fingerprint density at radius 3 is 2.71 bits per heavy atom. The van der Waals surface area contributed by atoms with Gasteiger partial charge in [-0.15, -0.1) is 0 Å². The Morgan fingerprint density at radius 2 is 2.06 bits per heavy atom. The molecule has 0 atom stereocenters. The molecule has 0 fully saturated rings. The molecule has 3 heteroatoms. The molecule has 0 saturated carbocycles. The van der Waals surface area contributed by atoms with E-state index in [0.717, 1.165) is 30.3 Å². The molecule has 1 N–H and O–H groups in total. The van der Waals surface area contributed by atoms with Crippen molar-refractivity contribution in [2.24, 2.45) is 0 Å². The van der Waals surface area contributed by atoms with E-state index in [2.05, 4.69) is 18.3 Å². The number of aryl methyl sites for hydroxylation is 1. The van der Waals surface area contributed by atoms with E-state index in [1.807, 2.05) is 12.1 Å². The zero-order valence-electron chi connectivity index (χ0n) is 10.8. The summed E-state index contributed by atoms with van der Waals surface area (Å²) in [7, 11) is 1.66. The summed E-state index contributed by atoms with van der Waals surface area (Å²) in [6.45, 7) is 4.40. The SMILES string of the molecule is CCCNCCCCc1ccc(OC)cc1Cl. The van der Waals surface area contributed by atoms with E-state index in [1.165, 1.54) is 24.8 Å². The van der Waals surface area contributed by atoms with E-state index in [0.29, 0.717) is 0 Å². The summed E-state index contributed by atoms with van der Waals surface area (Å²) in [5, 5.41) is 4.21. The Balaban J connectivity index is 2.27. The lowest BCUT2D eigenvalue weighted by molar-refractivity contribution is 0.414. The average molecular weight is 256 g/mol. The first kappa shape index (κ1) is 14.3. The number of rotatable bonds is 8. The van der Waals surface area contributed by atoms with Crippen molar-refractivity contribution in [3.8, 4) is 5.75 Å². The van der Waals surface area contributed by atoms with Gasteiger partial charge in [0.1, 0.15) is 5.75 Å². The van der Waals surface area contributed by atoms with Crippen LogP contribution in [0.2, 0.25) is 5.02 Å². The second-order valence-electron chi connectivity index (χ2n) is 4.16. The van der Waals surface area contributed by atoms with Crippen LogP contribution in [0.15, 0.2) is 18.2 Å². The molecule has 0 spiro atoms. The molecule has 0 radical (unpaired) electrons. The molecule has 0 aliphatic rings. The molecule has 0 bridgehead atoms. The van der Waals surface area contributed by atoms with Crippen molar-refractivity contribution in [2.75, 3.05) is 20.2 Å². The van der Waals surface area contributed by atoms with Gasteiger partial charge in [-0.25, -0.2) is 0 Å². The van der Waals surface area contributed by atoms with E-state index in [4.69, 9.17) is 16.3 Å². The molecule has 0 unspecified atom stereocenters. The molecule has 2 nitrogen and oxygen atoms in total. The van der Waals surface area contributed by atoms with Gasteiger partial charge in [-0.2, -0.15) is 0 Å². The third kappa shape index (κ3) is 5.42. The third-order valence-corrected chi connectivity index (χ3v) is 3.09. The van der Waals surface area contributed by atoms with Gasteiger partial charge in [0.25, 0.3) is 0 Å². The van der Waals surface area contributed by atoms with Gasteiger partial charge in [-0.1, -0.05) is 24.6 Å². The van der Waals surface area contributed by atoms with E-state index >= 15 is 0 Å². The first-order valence-electron chi connectivity index (χ1n) is 6.31. The summed E-state index contributed by atoms with van der Waals surface area (Å²) in [5.74, 6) is 0.823. The quantitative estimate of drug-likeness (QED) is 0.716. The van der Waals surface area contributed by atoms with Crippen LogP contribution in [-0.4, -0.2) is 20.2 Å². The highest BCUT2D eigenvalue weighted by Crippen LogP contribution is 2.23. The Bertz CT molecular complexity index is 328. The molecular weight excluding hydrogens is 234 g/mol. The van der Waals surface area contributed by atoms with Crippen LogP contribution in [0, 0.1) is 0 Å². The highest BCUT2D eigenvalue weighted by molar-refractivity contribution is 6.31. The van der Waals surface area contributed by atoms with Crippen molar-refractivity contribution in [2.45, 2.75) is 32.6 Å². The summed E-state index contributed by atoms with van der Waals surface area (Å²) in [5.41, 5.74) is 1.21. The van der Waals surface area contributed by atoms with Crippen LogP contribution in [0.3, 0.4) is 0 Å². The van der Waals surface area contributed by atoms with E-state index < -0.39 is 0 Å². The molecule has 0 aliphatic heterocycles. The molecule has 17 heavy (non-hydrogen) atoms. The zero-order valence-corrected chi connectivity index (χ0v) is 11.5. The van der Waals surface area contributed by atoms with Gasteiger partial charge in [0, 0.05) is 5.02 Å². The molecule has 1 rings (SSSR count). The van der Waals surface area contributed by atoms with Crippen molar-refractivity contribution < 1.29 is 4.74 Å². The van der Waals surface area contributed by atoms with Crippen LogP contribution >= 0.6 is 11.6 Å². The summed E-state index contributed by atoms with van der Waals surface area (Å²) in [6, 6.07) is 5.91. The number of methoxy groups -OCH3 is 1. The molecule has 1 aromatic rings. The van der Waals surface area contributed by atoms with Crippen LogP contribution in [0.1, 0.15) is 31.7 Å². The van der Waals surface area contributed by atoms with Crippen LogP contribution in [-0.2, 0) is 6.42 Å². The largest absolute Gasteiger partial charge is 0.497 e. The normalized spacial score (nSPS) is 10.5. The Kier molecular flexibility index (Phi) is 7.06. The smallest absolute Gasteiger partial charge is 0.120 e. The molecule has 96 valence electrons. The molecule has 0 aromatic heterocycles. The minimum atomic E-state index is 0.811. The monoisotopic (exact) mass is 255 g/mol. The maximum atomic E-state index is 6.18. The maximum absolute atomic E-state index is 6.18. The number of unbranched alkanes of at least 4 members (excludes halogenated alkanes) is 1. The molecule has 0 heterocycles. The summed E-state index contributed by atoms with van der Waals surface area (Å²) in [6.07, 6.45) is 4.60. The van der Waals surface area contributed by atoms with Gasteiger partial charge in [0.05, 0.1) is 7.11 Å². The number of hydrogen-bond acceptors (Lipinski definition) is 2. The highest BCUT2D eigenvalue weighted by Gasteiger charge is 2.01. The minimum absolute atomic E-state index is 0.811. The van der Waals surface area contributed by atoms with Crippen LogP contribution in [0.4, 0.5) is 0 Å². The zero-order chi connectivity index (χ0) is 12.5. The van der Waals surface area contributed by atoms with E-state index in [1.54, 1.807) is 7.11 Å². The van der Waals surface area contributed by atoms with Crippen LogP contribution < -0.4 is 10.1 Å². The van der Waals surface area contributed by atoms with E-state index in [-0.39, 0.29) is 0 Å². The molecule has 0 saturated heterocycles. The number of ether oxygens (including phenoxy) is 1. The fourth-order valence-corrected chi connectivity index (χ4v) is 1.99. The lowest BCUT2D eigenvalue weighted by Crippen LogP contribution is -2.15. The van der Waals surface area contributed by atoms with Crippen molar-refractivity contribution in [3.05, 3.63) is 28.8 Å². The fraction of sp³-hybridized carbons (Fsp3) is 0.571. The minimum Gasteiger partial charge on any atom is -0.497 e. The number of nitrogens with one attached hydrogen (secondary N) is 1. The van der Waals surface area contributed by atoms with Gasteiger partial charge in [0.2, 0.25) is 0 Å². The summed E-state index contributed by atoms with van der Waals surface area (Å²) >= 11 is 6.18. The molecule has 1 aromatic carbocycles. The Hall–Kier alpha value is -0.730. The summed E-state index contributed by atoms with van der Waals surface area (Å²) in [4.78, 5) is 0. The lowest BCUT2D eigenvalue weighted by atomic mass is 10.1. The Labute approximate surface area is 109 Å². The fourth-order valence-electron chi connectivity index (χ4n) is 1.72. The van der Waals surface area contributed by atoms with Gasteiger partial charge < -0.3 is 10.1 Å². The van der Waals surface area contributed by atoms with Crippen LogP contribution in [0.5, 0.6) is 5.75 Å². The Morgan fingerprint density at radius 1 is 1.24 bits per heavy atom. The van der Waals surface area contributed by atoms with Crippen molar-refractivity contribution in [1.29, 1.82) is 0 Å². The predicted molar refractivity (Wildman–Crippen MR) is 74.1 cm³/mol. The van der Waals surface area contributed by atoms with Gasteiger partial charge in [-0.05, 0) is 56.5 Å². The highest BCUT2D eigenvalue weighted by atomic mass is 35.5. The second-order valence-corrected chi connectivity index (χ2v) is 4.57. The third-order valence-electron chi connectivity index (χ3n) is 2.74. The second kappa shape index (κ2) is 8.37. The van der Waals surface area contributed by atoms with Crippen molar-refractivity contribution in [3.63, 3.8) is 0 Å². The number of halogens is 1. The van der Waals surface area contributed by atoms with Gasteiger partial charge >= 0.3 is 0 Å². The van der Waals surface area contributed by atoms with Crippen LogP contribution in [0.25, 0.3) is 0 Å². The van der Waals surface area contributed by atoms with Gasteiger partial charge in [-0.3, -0.25) is 0 Å². The first-order valence-corrected chi connectivity index (χ1v) is 6.69. The summed E-state index contributed by atoms with van der Waals surface area (Å²) < 4.78 is 5.13. The van der Waals surface area contributed by atoms with Crippen molar-refractivity contribution in [1.82, 2.24) is 5.32 Å².